The maximum absolute atomic E-state index is 11.9. The van der Waals surface area contributed by atoms with Gasteiger partial charge in [-0.3, -0.25) is 9.38 Å². The summed E-state index contributed by atoms with van der Waals surface area (Å²) in [6.07, 6.45) is 1.22. The molecule has 4 aromatic rings. The van der Waals surface area contributed by atoms with Gasteiger partial charge in [-0.2, -0.15) is 0 Å². The summed E-state index contributed by atoms with van der Waals surface area (Å²) in [5.74, 6) is 1.87. The molecule has 2 aromatic heterocycles. The number of fused-ring (bicyclic) bond motifs is 3. The van der Waals surface area contributed by atoms with Crippen LogP contribution in [0.3, 0.4) is 0 Å². The second-order valence-electron chi connectivity index (χ2n) is 8.22. The van der Waals surface area contributed by atoms with Crippen molar-refractivity contribution in [3.05, 3.63) is 48.2 Å². The monoisotopic (exact) mass is 435 g/mol. The van der Waals surface area contributed by atoms with Gasteiger partial charge < -0.3 is 19.5 Å². The van der Waals surface area contributed by atoms with Crippen LogP contribution in [-0.2, 0) is 11.3 Å². The van der Waals surface area contributed by atoms with E-state index in [-0.39, 0.29) is 0 Å². The number of rotatable bonds is 5. The quantitative estimate of drug-likeness (QED) is 0.506. The first-order valence-electron chi connectivity index (χ1n) is 10.1. The van der Waals surface area contributed by atoms with Crippen LogP contribution in [0.5, 0.6) is 11.5 Å². The van der Waals surface area contributed by atoms with Crippen LogP contribution < -0.4 is 14.8 Å². The molecule has 9 heteroatoms. The lowest BCUT2D eigenvalue weighted by atomic mass is 10.1. The molecule has 1 amide bonds. The van der Waals surface area contributed by atoms with E-state index in [0.717, 1.165) is 22.2 Å². The number of hydrogen-bond donors (Lipinski definition) is 1. The van der Waals surface area contributed by atoms with Crippen molar-refractivity contribution in [3.63, 3.8) is 0 Å². The average molecular weight is 435 g/mol. The fraction of sp³-hybridized carbons (Fsp3) is 0.304. The van der Waals surface area contributed by atoms with Gasteiger partial charge >= 0.3 is 6.09 Å². The lowest BCUT2D eigenvalue weighted by Crippen LogP contribution is -2.32. The summed E-state index contributed by atoms with van der Waals surface area (Å²) in [7, 11) is 3.18. The second kappa shape index (κ2) is 8.33. The zero-order valence-corrected chi connectivity index (χ0v) is 18.7. The Morgan fingerprint density at radius 3 is 2.38 bits per heavy atom. The van der Waals surface area contributed by atoms with Gasteiger partial charge in [0, 0.05) is 24.2 Å². The molecule has 0 aliphatic rings. The number of benzene rings is 2. The summed E-state index contributed by atoms with van der Waals surface area (Å²) in [6, 6.07) is 11.4. The summed E-state index contributed by atoms with van der Waals surface area (Å²) in [4.78, 5) is 16.3. The van der Waals surface area contributed by atoms with Crippen molar-refractivity contribution >= 4 is 22.8 Å². The zero-order chi connectivity index (χ0) is 22.9. The highest BCUT2D eigenvalue weighted by Crippen LogP contribution is 2.33. The van der Waals surface area contributed by atoms with Crippen LogP contribution in [0.4, 0.5) is 4.79 Å². The van der Waals surface area contributed by atoms with Crippen molar-refractivity contribution < 1.29 is 19.0 Å². The van der Waals surface area contributed by atoms with Crippen LogP contribution in [0.15, 0.2) is 42.6 Å². The van der Waals surface area contributed by atoms with Crippen LogP contribution in [-0.4, -0.2) is 45.5 Å². The number of alkyl carbamates (subject to hydrolysis) is 1. The van der Waals surface area contributed by atoms with Gasteiger partial charge in [-0.15, -0.1) is 10.2 Å². The Balaban J connectivity index is 1.65. The first kappa shape index (κ1) is 21.4. The van der Waals surface area contributed by atoms with E-state index < -0.39 is 11.7 Å². The number of amides is 1. The molecule has 0 aliphatic carbocycles. The smallest absolute Gasteiger partial charge is 0.407 e. The lowest BCUT2D eigenvalue weighted by Gasteiger charge is -2.19. The molecule has 166 valence electrons. The molecule has 0 unspecified atom stereocenters. The SMILES string of the molecule is COc1cc2ncc3nnc(-c4ccc(CNC(=O)OC(C)(C)C)cc4)n3c2cc1OC. The molecule has 0 radical (unpaired) electrons. The molecule has 0 aliphatic heterocycles. The minimum Gasteiger partial charge on any atom is -0.493 e. The largest absolute Gasteiger partial charge is 0.493 e. The highest BCUT2D eigenvalue weighted by atomic mass is 16.6. The third-order valence-corrected chi connectivity index (χ3v) is 4.78. The highest BCUT2D eigenvalue weighted by molar-refractivity contribution is 5.83. The average Bonchev–Trinajstić information content (AvgIpc) is 3.20. The molecule has 0 fully saturated rings. The first-order valence-corrected chi connectivity index (χ1v) is 10.1. The fourth-order valence-corrected chi connectivity index (χ4v) is 3.33. The summed E-state index contributed by atoms with van der Waals surface area (Å²) in [5, 5.41) is 11.4. The Labute approximate surface area is 185 Å². The molecular weight excluding hydrogens is 410 g/mol. The van der Waals surface area contributed by atoms with Crippen molar-refractivity contribution in [1.82, 2.24) is 24.9 Å². The second-order valence-corrected chi connectivity index (χ2v) is 8.22. The Hall–Kier alpha value is -3.88. The molecule has 2 heterocycles. The van der Waals surface area contributed by atoms with Gasteiger partial charge in [-0.1, -0.05) is 24.3 Å². The van der Waals surface area contributed by atoms with Crippen molar-refractivity contribution in [3.8, 4) is 22.9 Å². The number of ether oxygens (including phenoxy) is 3. The molecule has 32 heavy (non-hydrogen) atoms. The summed E-state index contributed by atoms with van der Waals surface area (Å²) >= 11 is 0. The van der Waals surface area contributed by atoms with E-state index in [1.807, 2.05) is 61.6 Å². The van der Waals surface area contributed by atoms with Crippen molar-refractivity contribution in [2.75, 3.05) is 14.2 Å². The topological polar surface area (TPSA) is 99.9 Å². The normalized spacial score (nSPS) is 11.5. The van der Waals surface area contributed by atoms with Crippen LogP contribution in [0.1, 0.15) is 26.3 Å². The number of methoxy groups -OCH3 is 2. The molecule has 0 atom stereocenters. The van der Waals surface area contributed by atoms with E-state index in [0.29, 0.717) is 29.5 Å². The number of nitrogens with zero attached hydrogens (tertiary/aromatic N) is 4. The summed E-state index contributed by atoms with van der Waals surface area (Å²) in [5.41, 5.74) is 3.43. The van der Waals surface area contributed by atoms with E-state index in [4.69, 9.17) is 14.2 Å². The number of carbonyl (C=O) groups excluding carboxylic acids is 1. The molecule has 0 spiro atoms. The van der Waals surface area contributed by atoms with E-state index >= 15 is 0 Å². The Morgan fingerprint density at radius 2 is 1.72 bits per heavy atom. The first-order chi connectivity index (χ1) is 15.3. The van der Waals surface area contributed by atoms with Crippen molar-refractivity contribution in [2.45, 2.75) is 32.9 Å². The van der Waals surface area contributed by atoms with Crippen molar-refractivity contribution in [1.29, 1.82) is 0 Å². The fourth-order valence-electron chi connectivity index (χ4n) is 3.33. The van der Waals surface area contributed by atoms with Gasteiger partial charge in [0.15, 0.2) is 23.0 Å². The lowest BCUT2D eigenvalue weighted by molar-refractivity contribution is 0.0523. The van der Waals surface area contributed by atoms with E-state index in [1.165, 1.54) is 0 Å². The highest BCUT2D eigenvalue weighted by Gasteiger charge is 2.17. The summed E-state index contributed by atoms with van der Waals surface area (Å²) in [6.45, 7) is 5.85. The van der Waals surface area contributed by atoms with Gasteiger partial charge in [-0.25, -0.2) is 4.79 Å². The third kappa shape index (κ3) is 4.27. The molecule has 4 rings (SSSR count). The predicted octanol–water partition coefficient (Wildman–Crippen LogP) is 3.99. The molecule has 9 nitrogen and oxygen atoms in total. The minimum absolute atomic E-state index is 0.361. The minimum atomic E-state index is -0.535. The number of carbonyl (C=O) groups is 1. The van der Waals surface area contributed by atoms with Crippen LogP contribution in [0.25, 0.3) is 28.1 Å². The van der Waals surface area contributed by atoms with E-state index in [2.05, 4.69) is 20.5 Å². The van der Waals surface area contributed by atoms with Crippen LogP contribution >= 0.6 is 0 Å². The van der Waals surface area contributed by atoms with E-state index in [9.17, 15) is 4.79 Å². The van der Waals surface area contributed by atoms with Gasteiger partial charge in [0.25, 0.3) is 0 Å². The van der Waals surface area contributed by atoms with Crippen LogP contribution in [0.2, 0.25) is 0 Å². The Kier molecular flexibility index (Phi) is 5.56. The molecule has 2 aromatic carbocycles. The van der Waals surface area contributed by atoms with Crippen molar-refractivity contribution in [2.24, 2.45) is 0 Å². The standard InChI is InChI=1S/C23H25N5O4/c1-23(2,3)32-22(29)25-12-14-6-8-15(9-7-14)21-27-26-20-13-24-16-10-18(30-4)19(31-5)11-17(16)28(20)21/h6-11,13H,12H2,1-5H3,(H,25,29). The number of hydrogen-bond acceptors (Lipinski definition) is 7. The van der Waals surface area contributed by atoms with Gasteiger partial charge in [0.05, 0.1) is 31.4 Å². The van der Waals surface area contributed by atoms with Crippen LogP contribution in [0, 0.1) is 0 Å². The molecule has 0 bridgehead atoms. The van der Waals surface area contributed by atoms with Gasteiger partial charge in [-0.05, 0) is 26.3 Å². The molecule has 0 saturated heterocycles. The van der Waals surface area contributed by atoms with Gasteiger partial charge in [0.1, 0.15) is 5.60 Å². The molecule has 1 N–H and O–H groups in total. The Bertz CT molecular complexity index is 1280. The zero-order valence-electron chi connectivity index (χ0n) is 18.7. The van der Waals surface area contributed by atoms with Gasteiger partial charge in [0.2, 0.25) is 0 Å². The van der Waals surface area contributed by atoms with E-state index in [1.54, 1.807) is 20.4 Å². The predicted molar refractivity (Wildman–Crippen MR) is 120 cm³/mol. The molecule has 0 saturated carbocycles. The molecular formula is C23H25N5O4. The third-order valence-electron chi connectivity index (χ3n) is 4.78. The maximum atomic E-state index is 11.9. The number of aromatic nitrogens is 4. The Morgan fingerprint density at radius 1 is 1.03 bits per heavy atom. The summed E-state index contributed by atoms with van der Waals surface area (Å²) < 4.78 is 18.0. The maximum Gasteiger partial charge on any atom is 0.407 e. The number of nitrogens with one attached hydrogen (secondary N) is 1.